The smallest absolute Gasteiger partial charge is 0.407 e. The second-order valence-corrected chi connectivity index (χ2v) is 2.91. The second kappa shape index (κ2) is 5.83. The molecule has 1 atom stereocenters. The minimum Gasteiger partial charge on any atom is -0.450 e. The number of carbonyl (C=O) groups excluding carboxylic acids is 1. The molecular formula is C8H17NO3. The van der Waals surface area contributed by atoms with Crippen LogP contribution in [0.3, 0.4) is 0 Å². The van der Waals surface area contributed by atoms with Gasteiger partial charge >= 0.3 is 6.09 Å². The van der Waals surface area contributed by atoms with Crippen LogP contribution >= 0.6 is 0 Å². The molecule has 1 amide bonds. The number of ether oxygens (including phenoxy) is 1. The number of rotatable bonds is 4. The Morgan fingerprint density at radius 1 is 1.58 bits per heavy atom. The molecule has 0 saturated heterocycles. The topological polar surface area (TPSA) is 58.6 Å². The quantitative estimate of drug-likeness (QED) is 0.662. The SMILES string of the molecule is CCOC(=O)NCC(O)C(C)C. The highest BCUT2D eigenvalue weighted by Crippen LogP contribution is 1.98. The van der Waals surface area contributed by atoms with Crippen LogP contribution in [0.15, 0.2) is 0 Å². The molecular weight excluding hydrogens is 158 g/mol. The molecule has 0 aliphatic heterocycles. The molecule has 0 aromatic carbocycles. The fourth-order valence-electron chi connectivity index (χ4n) is 0.606. The molecule has 0 rings (SSSR count). The van der Waals surface area contributed by atoms with E-state index in [-0.39, 0.29) is 12.5 Å². The predicted octanol–water partition coefficient (Wildman–Crippen LogP) is 0.749. The van der Waals surface area contributed by atoms with Gasteiger partial charge in [0.1, 0.15) is 0 Å². The summed E-state index contributed by atoms with van der Waals surface area (Å²) in [4.78, 5) is 10.7. The van der Waals surface area contributed by atoms with E-state index in [1.54, 1.807) is 6.92 Å². The third kappa shape index (κ3) is 4.96. The van der Waals surface area contributed by atoms with Gasteiger partial charge in [0.15, 0.2) is 0 Å². The zero-order chi connectivity index (χ0) is 9.56. The van der Waals surface area contributed by atoms with Crippen molar-refractivity contribution in [1.29, 1.82) is 0 Å². The molecule has 4 heteroatoms. The number of hydrogen-bond donors (Lipinski definition) is 2. The summed E-state index contributed by atoms with van der Waals surface area (Å²) in [5.41, 5.74) is 0. The lowest BCUT2D eigenvalue weighted by Gasteiger charge is -2.14. The van der Waals surface area contributed by atoms with Crippen LogP contribution in [-0.4, -0.2) is 30.5 Å². The Balaban J connectivity index is 3.47. The first-order chi connectivity index (χ1) is 5.57. The van der Waals surface area contributed by atoms with E-state index in [0.29, 0.717) is 6.61 Å². The van der Waals surface area contributed by atoms with E-state index in [1.807, 2.05) is 13.8 Å². The molecule has 0 bridgehead atoms. The van der Waals surface area contributed by atoms with Gasteiger partial charge in [-0.05, 0) is 12.8 Å². The predicted molar refractivity (Wildman–Crippen MR) is 45.9 cm³/mol. The number of aliphatic hydroxyl groups is 1. The third-order valence-electron chi connectivity index (χ3n) is 1.50. The summed E-state index contributed by atoms with van der Waals surface area (Å²) in [7, 11) is 0. The van der Waals surface area contributed by atoms with E-state index in [2.05, 4.69) is 10.1 Å². The van der Waals surface area contributed by atoms with Gasteiger partial charge in [0.25, 0.3) is 0 Å². The minimum absolute atomic E-state index is 0.145. The molecule has 1 unspecified atom stereocenters. The summed E-state index contributed by atoms with van der Waals surface area (Å²) in [6, 6.07) is 0. The maximum atomic E-state index is 10.7. The summed E-state index contributed by atoms with van der Waals surface area (Å²) in [6.45, 7) is 6.10. The molecule has 0 radical (unpaired) electrons. The molecule has 0 aliphatic carbocycles. The van der Waals surface area contributed by atoms with Crippen molar-refractivity contribution in [1.82, 2.24) is 5.32 Å². The van der Waals surface area contributed by atoms with E-state index < -0.39 is 12.2 Å². The summed E-state index contributed by atoms with van der Waals surface area (Å²) < 4.78 is 4.61. The Hall–Kier alpha value is -0.770. The molecule has 72 valence electrons. The van der Waals surface area contributed by atoms with E-state index in [1.165, 1.54) is 0 Å². The van der Waals surface area contributed by atoms with Gasteiger partial charge in [0, 0.05) is 6.54 Å². The van der Waals surface area contributed by atoms with E-state index >= 15 is 0 Å². The number of amides is 1. The summed E-state index contributed by atoms with van der Waals surface area (Å²) in [6.07, 6.45) is -0.980. The number of hydrogen-bond acceptors (Lipinski definition) is 3. The molecule has 4 nitrogen and oxygen atoms in total. The Bertz CT molecular complexity index is 136. The van der Waals surface area contributed by atoms with Crippen LogP contribution in [0.2, 0.25) is 0 Å². The molecule has 0 spiro atoms. The Kier molecular flexibility index (Phi) is 5.45. The lowest BCUT2D eigenvalue weighted by Crippen LogP contribution is -2.35. The zero-order valence-corrected chi connectivity index (χ0v) is 7.83. The largest absolute Gasteiger partial charge is 0.450 e. The van der Waals surface area contributed by atoms with Gasteiger partial charge in [-0.15, -0.1) is 0 Å². The highest BCUT2D eigenvalue weighted by molar-refractivity contribution is 5.67. The van der Waals surface area contributed by atoms with Crippen LogP contribution in [0.1, 0.15) is 20.8 Å². The highest BCUT2D eigenvalue weighted by Gasteiger charge is 2.10. The number of alkyl carbamates (subject to hydrolysis) is 1. The van der Waals surface area contributed by atoms with Crippen molar-refractivity contribution < 1.29 is 14.6 Å². The zero-order valence-electron chi connectivity index (χ0n) is 7.83. The number of aliphatic hydroxyl groups excluding tert-OH is 1. The molecule has 12 heavy (non-hydrogen) atoms. The maximum absolute atomic E-state index is 10.7. The van der Waals surface area contributed by atoms with Crippen LogP contribution in [0.25, 0.3) is 0 Å². The molecule has 0 fully saturated rings. The van der Waals surface area contributed by atoms with Gasteiger partial charge in [-0.2, -0.15) is 0 Å². The van der Waals surface area contributed by atoms with Gasteiger partial charge in [0.05, 0.1) is 12.7 Å². The Labute approximate surface area is 72.9 Å². The third-order valence-corrected chi connectivity index (χ3v) is 1.50. The average Bonchev–Trinajstić information content (AvgIpc) is 2.00. The first-order valence-electron chi connectivity index (χ1n) is 4.16. The number of carbonyl (C=O) groups is 1. The van der Waals surface area contributed by atoms with Crippen molar-refractivity contribution in [2.75, 3.05) is 13.2 Å². The van der Waals surface area contributed by atoms with Gasteiger partial charge < -0.3 is 15.2 Å². The Morgan fingerprint density at radius 3 is 2.58 bits per heavy atom. The van der Waals surface area contributed by atoms with Crippen molar-refractivity contribution in [3.05, 3.63) is 0 Å². The van der Waals surface area contributed by atoms with Crippen LogP contribution < -0.4 is 5.32 Å². The van der Waals surface area contributed by atoms with Crippen molar-refractivity contribution >= 4 is 6.09 Å². The van der Waals surface area contributed by atoms with Gasteiger partial charge in [-0.25, -0.2) is 4.79 Å². The first kappa shape index (κ1) is 11.2. The molecule has 0 aromatic rings. The van der Waals surface area contributed by atoms with Gasteiger partial charge in [-0.1, -0.05) is 13.8 Å². The fraction of sp³-hybridized carbons (Fsp3) is 0.875. The van der Waals surface area contributed by atoms with Crippen molar-refractivity contribution in [2.45, 2.75) is 26.9 Å². The summed E-state index contributed by atoms with van der Waals surface area (Å²) >= 11 is 0. The van der Waals surface area contributed by atoms with Crippen LogP contribution in [0.4, 0.5) is 4.79 Å². The van der Waals surface area contributed by atoms with Crippen molar-refractivity contribution in [3.8, 4) is 0 Å². The molecule has 0 aliphatic rings. The van der Waals surface area contributed by atoms with Gasteiger partial charge in [0.2, 0.25) is 0 Å². The lowest BCUT2D eigenvalue weighted by molar-refractivity contribution is 0.111. The van der Waals surface area contributed by atoms with Crippen LogP contribution in [0, 0.1) is 5.92 Å². The average molecular weight is 175 g/mol. The highest BCUT2D eigenvalue weighted by atomic mass is 16.5. The monoisotopic (exact) mass is 175 g/mol. The molecule has 0 aromatic heterocycles. The van der Waals surface area contributed by atoms with Gasteiger partial charge in [-0.3, -0.25) is 0 Å². The van der Waals surface area contributed by atoms with Crippen molar-refractivity contribution in [2.24, 2.45) is 5.92 Å². The normalized spacial score (nSPS) is 12.8. The Morgan fingerprint density at radius 2 is 2.17 bits per heavy atom. The van der Waals surface area contributed by atoms with E-state index in [0.717, 1.165) is 0 Å². The van der Waals surface area contributed by atoms with Crippen LogP contribution in [-0.2, 0) is 4.74 Å². The van der Waals surface area contributed by atoms with E-state index in [4.69, 9.17) is 0 Å². The molecule has 2 N–H and O–H groups in total. The standard InChI is InChI=1S/C8H17NO3/c1-4-12-8(11)9-5-7(10)6(2)3/h6-7,10H,4-5H2,1-3H3,(H,9,11). The maximum Gasteiger partial charge on any atom is 0.407 e. The summed E-state index contributed by atoms with van der Waals surface area (Å²) in [5, 5.41) is 11.7. The number of nitrogens with one attached hydrogen (secondary N) is 1. The second-order valence-electron chi connectivity index (χ2n) is 2.91. The first-order valence-corrected chi connectivity index (χ1v) is 4.16. The minimum atomic E-state index is -0.505. The molecule has 0 heterocycles. The van der Waals surface area contributed by atoms with Crippen LogP contribution in [0.5, 0.6) is 0 Å². The van der Waals surface area contributed by atoms with E-state index in [9.17, 15) is 9.90 Å². The molecule has 0 saturated carbocycles. The fourth-order valence-corrected chi connectivity index (χ4v) is 0.606. The summed E-state index contributed by atoms with van der Waals surface area (Å²) in [5.74, 6) is 0.145. The van der Waals surface area contributed by atoms with Crippen molar-refractivity contribution in [3.63, 3.8) is 0 Å². The lowest BCUT2D eigenvalue weighted by atomic mass is 10.1.